The van der Waals surface area contributed by atoms with E-state index < -0.39 is 0 Å². The molecule has 1 aliphatic carbocycles. The van der Waals surface area contributed by atoms with Crippen LogP contribution in [0.15, 0.2) is 57.4 Å². The van der Waals surface area contributed by atoms with Crippen molar-refractivity contribution in [3.8, 4) is 28.5 Å². The molecule has 1 aliphatic rings. The van der Waals surface area contributed by atoms with Gasteiger partial charge in [-0.2, -0.15) is 5.10 Å². The first kappa shape index (κ1) is 20.5. The van der Waals surface area contributed by atoms with Gasteiger partial charge in [-0.05, 0) is 56.2 Å². The normalized spacial score (nSPS) is 14.8. The SMILES string of the molecule is Cc1c(-c2nnc(C3CCCCC3)o2)nn(-c2ccc(Cl)cc2)c1-c1ccc(Br)cc1. The predicted octanol–water partition coefficient (Wildman–Crippen LogP) is 7.36. The summed E-state index contributed by atoms with van der Waals surface area (Å²) in [6.45, 7) is 2.05. The van der Waals surface area contributed by atoms with Crippen LogP contribution in [0.4, 0.5) is 0 Å². The van der Waals surface area contributed by atoms with E-state index in [1.54, 1.807) is 0 Å². The number of nitrogens with zero attached hydrogens (tertiary/aromatic N) is 4. The van der Waals surface area contributed by atoms with Gasteiger partial charge in [0.2, 0.25) is 5.89 Å². The molecule has 2 aromatic carbocycles. The molecule has 4 aromatic rings. The quantitative estimate of drug-likeness (QED) is 0.295. The van der Waals surface area contributed by atoms with Crippen molar-refractivity contribution >= 4 is 27.5 Å². The average molecular weight is 498 g/mol. The summed E-state index contributed by atoms with van der Waals surface area (Å²) >= 11 is 9.63. The first-order chi connectivity index (χ1) is 15.1. The third-order valence-corrected chi connectivity index (χ3v) is 6.69. The van der Waals surface area contributed by atoms with E-state index in [-0.39, 0.29) is 0 Å². The Bertz CT molecular complexity index is 1190. The maximum absolute atomic E-state index is 6.14. The molecule has 0 N–H and O–H groups in total. The average Bonchev–Trinajstić information content (AvgIpc) is 3.41. The number of benzene rings is 2. The second-order valence-corrected chi connectivity index (χ2v) is 9.35. The van der Waals surface area contributed by atoms with Gasteiger partial charge in [-0.1, -0.05) is 58.9 Å². The Morgan fingerprint density at radius 2 is 1.68 bits per heavy atom. The molecule has 1 fully saturated rings. The highest BCUT2D eigenvalue weighted by molar-refractivity contribution is 9.10. The third kappa shape index (κ3) is 4.06. The topological polar surface area (TPSA) is 56.7 Å². The molecule has 0 saturated heterocycles. The van der Waals surface area contributed by atoms with Crippen molar-refractivity contribution in [3.63, 3.8) is 0 Å². The van der Waals surface area contributed by atoms with Crippen LogP contribution in [0.1, 0.15) is 49.5 Å². The molecule has 0 atom stereocenters. The van der Waals surface area contributed by atoms with Gasteiger partial charge in [0.1, 0.15) is 0 Å². The lowest BCUT2D eigenvalue weighted by molar-refractivity contribution is 0.366. The monoisotopic (exact) mass is 496 g/mol. The summed E-state index contributed by atoms with van der Waals surface area (Å²) in [5, 5.41) is 14.3. The summed E-state index contributed by atoms with van der Waals surface area (Å²) in [7, 11) is 0. The standard InChI is InChI=1S/C24H22BrClN4O/c1-15-21(24-28-27-23(31-24)17-5-3-2-4-6-17)29-30(20-13-11-19(26)12-14-20)22(15)16-7-9-18(25)10-8-16/h7-14,17H,2-6H2,1H3. The van der Waals surface area contributed by atoms with Gasteiger partial charge in [0.25, 0.3) is 5.89 Å². The molecule has 0 aliphatic heterocycles. The molecular formula is C24H22BrClN4O. The lowest BCUT2D eigenvalue weighted by atomic mass is 9.89. The van der Waals surface area contributed by atoms with Crippen LogP contribution < -0.4 is 0 Å². The lowest BCUT2D eigenvalue weighted by Crippen LogP contribution is -2.04. The van der Waals surface area contributed by atoms with Crippen molar-refractivity contribution in [1.29, 1.82) is 0 Å². The van der Waals surface area contributed by atoms with Crippen LogP contribution in [-0.4, -0.2) is 20.0 Å². The lowest BCUT2D eigenvalue weighted by Gasteiger charge is -2.17. The fourth-order valence-electron chi connectivity index (χ4n) is 4.26. The molecule has 0 amide bonds. The molecule has 0 spiro atoms. The van der Waals surface area contributed by atoms with E-state index in [1.807, 2.05) is 41.1 Å². The minimum Gasteiger partial charge on any atom is -0.419 e. The predicted molar refractivity (Wildman–Crippen MR) is 126 cm³/mol. The number of hydrogen-bond donors (Lipinski definition) is 0. The highest BCUT2D eigenvalue weighted by Crippen LogP contribution is 2.36. The van der Waals surface area contributed by atoms with Crippen LogP contribution in [0.5, 0.6) is 0 Å². The first-order valence-electron chi connectivity index (χ1n) is 10.6. The molecule has 7 heteroatoms. The molecular weight excluding hydrogens is 476 g/mol. The van der Waals surface area contributed by atoms with Crippen molar-refractivity contribution in [3.05, 3.63) is 69.5 Å². The van der Waals surface area contributed by atoms with Crippen molar-refractivity contribution in [2.24, 2.45) is 0 Å². The van der Waals surface area contributed by atoms with Crippen molar-refractivity contribution < 1.29 is 4.42 Å². The van der Waals surface area contributed by atoms with E-state index >= 15 is 0 Å². The molecule has 1 saturated carbocycles. The summed E-state index contributed by atoms with van der Waals surface area (Å²) in [4.78, 5) is 0. The van der Waals surface area contributed by atoms with Gasteiger partial charge < -0.3 is 4.42 Å². The molecule has 5 nitrogen and oxygen atoms in total. The van der Waals surface area contributed by atoms with Crippen LogP contribution in [0.2, 0.25) is 5.02 Å². The van der Waals surface area contributed by atoms with E-state index in [1.165, 1.54) is 19.3 Å². The Labute approximate surface area is 194 Å². The zero-order valence-electron chi connectivity index (χ0n) is 17.2. The summed E-state index contributed by atoms with van der Waals surface area (Å²) in [6, 6.07) is 15.9. The highest BCUT2D eigenvalue weighted by Gasteiger charge is 2.25. The largest absolute Gasteiger partial charge is 0.419 e. The van der Waals surface area contributed by atoms with Gasteiger partial charge in [0, 0.05) is 26.5 Å². The fourth-order valence-corrected chi connectivity index (χ4v) is 4.65. The Hall–Kier alpha value is -2.44. The Balaban J connectivity index is 1.62. The molecule has 5 rings (SSSR count). The minimum atomic E-state index is 0.361. The fraction of sp³-hybridized carbons (Fsp3) is 0.292. The summed E-state index contributed by atoms with van der Waals surface area (Å²) < 4.78 is 9.10. The zero-order chi connectivity index (χ0) is 21.4. The second-order valence-electron chi connectivity index (χ2n) is 8.00. The van der Waals surface area contributed by atoms with E-state index in [4.69, 9.17) is 21.1 Å². The molecule has 2 aromatic heterocycles. The van der Waals surface area contributed by atoms with E-state index in [9.17, 15) is 0 Å². The first-order valence-corrected chi connectivity index (χ1v) is 11.7. The second kappa shape index (κ2) is 8.60. The summed E-state index contributed by atoms with van der Waals surface area (Å²) in [6.07, 6.45) is 5.97. The van der Waals surface area contributed by atoms with Crippen LogP contribution >= 0.6 is 27.5 Å². The summed E-state index contributed by atoms with van der Waals surface area (Å²) in [5.41, 5.74) is 4.67. The Kier molecular flexibility index (Phi) is 5.67. The van der Waals surface area contributed by atoms with E-state index in [0.717, 1.165) is 45.7 Å². The van der Waals surface area contributed by atoms with E-state index in [2.05, 4.69) is 45.2 Å². The van der Waals surface area contributed by atoms with Gasteiger partial charge in [-0.15, -0.1) is 10.2 Å². The molecule has 0 unspecified atom stereocenters. The van der Waals surface area contributed by atoms with Crippen molar-refractivity contribution in [2.45, 2.75) is 44.9 Å². The number of hydrogen-bond acceptors (Lipinski definition) is 4. The van der Waals surface area contributed by atoms with Gasteiger partial charge in [-0.3, -0.25) is 0 Å². The van der Waals surface area contributed by atoms with Gasteiger partial charge in [0.05, 0.1) is 11.4 Å². The highest BCUT2D eigenvalue weighted by atomic mass is 79.9. The van der Waals surface area contributed by atoms with E-state index in [0.29, 0.717) is 22.5 Å². The van der Waals surface area contributed by atoms with Crippen molar-refractivity contribution in [2.75, 3.05) is 0 Å². The Morgan fingerprint density at radius 3 is 2.39 bits per heavy atom. The maximum Gasteiger partial charge on any atom is 0.268 e. The third-order valence-electron chi connectivity index (χ3n) is 5.91. The van der Waals surface area contributed by atoms with Gasteiger partial charge >= 0.3 is 0 Å². The van der Waals surface area contributed by atoms with Crippen LogP contribution in [0.25, 0.3) is 28.5 Å². The van der Waals surface area contributed by atoms with Crippen LogP contribution in [-0.2, 0) is 0 Å². The van der Waals surface area contributed by atoms with Gasteiger partial charge in [-0.25, -0.2) is 4.68 Å². The van der Waals surface area contributed by atoms with Crippen molar-refractivity contribution in [1.82, 2.24) is 20.0 Å². The molecule has 0 radical (unpaired) electrons. The smallest absolute Gasteiger partial charge is 0.268 e. The molecule has 31 heavy (non-hydrogen) atoms. The molecule has 0 bridgehead atoms. The Morgan fingerprint density at radius 1 is 0.968 bits per heavy atom. The number of halogens is 2. The minimum absolute atomic E-state index is 0.361. The molecule has 158 valence electrons. The van der Waals surface area contributed by atoms with Crippen LogP contribution in [0.3, 0.4) is 0 Å². The van der Waals surface area contributed by atoms with Gasteiger partial charge in [0.15, 0.2) is 5.69 Å². The maximum atomic E-state index is 6.14. The summed E-state index contributed by atoms with van der Waals surface area (Å²) in [5.74, 6) is 1.57. The zero-order valence-corrected chi connectivity index (χ0v) is 19.5. The van der Waals surface area contributed by atoms with Crippen LogP contribution in [0, 0.1) is 6.92 Å². The molecule has 2 heterocycles. The number of rotatable bonds is 4. The number of aromatic nitrogens is 4.